The molecule has 1 aliphatic carbocycles. The molecule has 1 aliphatic heterocycles. The van der Waals surface area contributed by atoms with Crippen LogP contribution in [0.25, 0.3) is 5.57 Å². The molecule has 0 spiro atoms. The number of carbonyl (C=O) groups is 2. The normalized spacial score (nSPS) is 18.9. The molecule has 2 aliphatic rings. The molecule has 4 rings (SSSR count). The predicted molar refractivity (Wildman–Crippen MR) is 129 cm³/mol. The number of alkyl halides is 3. The van der Waals surface area contributed by atoms with Crippen LogP contribution in [0.15, 0.2) is 42.5 Å². The highest BCUT2D eigenvalue weighted by molar-refractivity contribution is 6.07. The summed E-state index contributed by atoms with van der Waals surface area (Å²) in [5.41, 5.74) is 2.98. The number of hydrogen-bond donors (Lipinski definition) is 2. The number of hydrogen-bond acceptors (Lipinski definition) is 3. The van der Waals surface area contributed by atoms with Crippen molar-refractivity contribution in [3.05, 3.63) is 64.7 Å². The van der Waals surface area contributed by atoms with Crippen molar-refractivity contribution in [3.63, 3.8) is 0 Å². The van der Waals surface area contributed by atoms with Gasteiger partial charge in [-0.3, -0.25) is 9.59 Å². The van der Waals surface area contributed by atoms with E-state index in [1.165, 1.54) is 17.0 Å². The summed E-state index contributed by atoms with van der Waals surface area (Å²) in [5.74, 6) is -0.574. The van der Waals surface area contributed by atoms with Gasteiger partial charge >= 0.3 is 6.18 Å². The Morgan fingerprint density at radius 2 is 1.97 bits per heavy atom. The van der Waals surface area contributed by atoms with Crippen molar-refractivity contribution >= 4 is 28.8 Å². The standard InChI is InChI=1S/C27H29F3N2O3/c1-16(2)12-26(35)32-11-10-18(21-9-7-19(14-24(21)32)27(28,29)30)13-25(34)31-23-5-3-4-17-6-8-20(33)15-22(17)23/h3-5,7,9,13-14,16,20,33H,6,8,10-12,15H2,1-2H3,(H,31,34)/b18-13+. The zero-order valence-corrected chi connectivity index (χ0v) is 19.8. The van der Waals surface area contributed by atoms with Crippen LogP contribution in [0.3, 0.4) is 0 Å². The number of halogens is 3. The van der Waals surface area contributed by atoms with Crippen molar-refractivity contribution in [2.24, 2.45) is 5.92 Å². The average Bonchev–Trinajstić information content (AvgIpc) is 2.78. The van der Waals surface area contributed by atoms with E-state index in [1.54, 1.807) is 6.07 Å². The molecule has 0 aromatic heterocycles. The van der Waals surface area contributed by atoms with Gasteiger partial charge in [0.2, 0.25) is 11.8 Å². The SMILES string of the molecule is CC(C)CC(=O)N1CC/C(=C\C(=O)Nc2cccc3c2CC(O)CC3)c2ccc(C(F)(F)F)cc21. The van der Waals surface area contributed by atoms with Crippen molar-refractivity contribution in [1.82, 2.24) is 0 Å². The molecule has 0 fully saturated rings. The van der Waals surface area contributed by atoms with E-state index >= 15 is 0 Å². The van der Waals surface area contributed by atoms with Gasteiger partial charge in [0.1, 0.15) is 0 Å². The summed E-state index contributed by atoms with van der Waals surface area (Å²) in [6, 6.07) is 8.93. The van der Waals surface area contributed by atoms with Crippen LogP contribution in [-0.4, -0.2) is 29.6 Å². The minimum atomic E-state index is -4.54. The molecule has 5 nitrogen and oxygen atoms in total. The molecule has 1 atom stereocenters. The summed E-state index contributed by atoms with van der Waals surface area (Å²) in [7, 11) is 0. The van der Waals surface area contributed by atoms with E-state index in [-0.39, 0.29) is 30.5 Å². The Kier molecular flexibility index (Phi) is 7.03. The van der Waals surface area contributed by atoms with Gasteiger partial charge in [0.15, 0.2) is 0 Å². The maximum atomic E-state index is 13.4. The highest BCUT2D eigenvalue weighted by Crippen LogP contribution is 2.40. The number of anilines is 2. The largest absolute Gasteiger partial charge is 0.416 e. The summed E-state index contributed by atoms with van der Waals surface area (Å²) in [6.45, 7) is 3.96. The highest BCUT2D eigenvalue weighted by Gasteiger charge is 2.34. The lowest BCUT2D eigenvalue weighted by molar-refractivity contribution is -0.137. The number of benzene rings is 2. The van der Waals surface area contributed by atoms with Crippen molar-refractivity contribution in [1.29, 1.82) is 0 Å². The molecule has 2 amide bonds. The molecule has 1 heterocycles. The molecule has 0 bridgehead atoms. The molecule has 0 radical (unpaired) electrons. The lowest BCUT2D eigenvalue weighted by Gasteiger charge is -2.32. The summed E-state index contributed by atoms with van der Waals surface area (Å²) in [6.07, 6.45) is -1.17. The molecule has 2 aromatic rings. The molecular formula is C27H29F3N2O3. The van der Waals surface area contributed by atoms with E-state index in [2.05, 4.69) is 5.32 Å². The summed E-state index contributed by atoms with van der Waals surface area (Å²) < 4.78 is 40.2. The van der Waals surface area contributed by atoms with Crippen LogP contribution >= 0.6 is 0 Å². The molecule has 35 heavy (non-hydrogen) atoms. The van der Waals surface area contributed by atoms with Crippen LogP contribution < -0.4 is 10.2 Å². The topological polar surface area (TPSA) is 69.6 Å². The Balaban J connectivity index is 1.65. The Morgan fingerprint density at radius 1 is 1.20 bits per heavy atom. The molecule has 2 N–H and O–H groups in total. The Bertz CT molecular complexity index is 1170. The van der Waals surface area contributed by atoms with Crippen molar-refractivity contribution in [2.75, 3.05) is 16.8 Å². The smallest absolute Gasteiger partial charge is 0.393 e. The molecule has 8 heteroatoms. The second-order valence-corrected chi connectivity index (χ2v) is 9.62. The number of amides is 2. The van der Waals surface area contributed by atoms with Gasteiger partial charge in [0.25, 0.3) is 0 Å². The minimum absolute atomic E-state index is 0.0646. The lowest BCUT2D eigenvalue weighted by atomic mass is 9.88. The minimum Gasteiger partial charge on any atom is -0.393 e. The number of nitrogens with zero attached hydrogens (tertiary/aromatic N) is 1. The fourth-order valence-corrected chi connectivity index (χ4v) is 4.77. The van der Waals surface area contributed by atoms with Gasteiger partial charge in [0, 0.05) is 36.7 Å². The number of aliphatic hydroxyl groups excluding tert-OH is 1. The molecule has 0 saturated carbocycles. The zero-order valence-electron chi connectivity index (χ0n) is 19.8. The zero-order chi connectivity index (χ0) is 25.3. The van der Waals surface area contributed by atoms with Gasteiger partial charge < -0.3 is 15.3 Å². The first kappa shape index (κ1) is 25.0. The van der Waals surface area contributed by atoms with Gasteiger partial charge in [-0.1, -0.05) is 32.0 Å². The fraction of sp³-hybridized carbons (Fsp3) is 0.407. The molecule has 0 saturated heterocycles. The molecular weight excluding hydrogens is 457 g/mol. The van der Waals surface area contributed by atoms with Crippen molar-refractivity contribution in [2.45, 2.75) is 58.2 Å². The average molecular weight is 487 g/mol. The van der Waals surface area contributed by atoms with Crippen LogP contribution in [0.1, 0.15) is 55.4 Å². The first-order valence-corrected chi connectivity index (χ1v) is 11.8. The van der Waals surface area contributed by atoms with Crippen molar-refractivity contribution < 1.29 is 27.9 Å². The maximum absolute atomic E-state index is 13.4. The van der Waals surface area contributed by atoms with E-state index in [9.17, 15) is 27.9 Å². The highest BCUT2D eigenvalue weighted by atomic mass is 19.4. The molecule has 2 aromatic carbocycles. The Labute approximate surface area is 202 Å². The van der Waals surface area contributed by atoms with Crippen LogP contribution in [0, 0.1) is 5.92 Å². The van der Waals surface area contributed by atoms with E-state index in [1.807, 2.05) is 26.0 Å². The third-order valence-electron chi connectivity index (χ3n) is 6.47. The van der Waals surface area contributed by atoms with E-state index in [0.29, 0.717) is 36.1 Å². The van der Waals surface area contributed by atoms with E-state index in [0.717, 1.165) is 29.7 Å². The summed E-state index contributed by atoms with van der Waals surface area (Å²) in [4.78, 5) is 27.1. The molecule has 1 unspecified atom stereocenters. The number of aryl methyl sites for hydroxylation is 1. The second-order valence-electron chi connectivity index (χ2n) is 9.62. The number of aliphatic hydroxyl groups is 1. The van der Waals surface area contributed by atoms with Gasteiger partial charge in [-0.15, -0.1) is 0 Å². The summed E-state index contributed by atoms with van der Waals surface area (Å²) in [5, 5.41) is 12.9. The number of fused-ring (bicyclic) bond motifs is 2. The monoisotopic (exact) mass is 486 g/mol. The van der Waals surface area contributed by atoms with Crippen LogP contribution in [0.2, 0.25) is 0 Å². The third kappa shape index (κ3) is 5.59. The fourth-order valence-electron chi connectivity index (χ4n) is 4.77. The van der Waals surface area contributed by atoms with Gasteiger partial charge in [-0.2, -0.15) is 13.2 Å². The first-order chi connectivity index (χ1) is 16.5. The number of rotatable bonds is 4. The third-order valence-corrected chi connectivity index (χ3v) is 6.47. The Morgan fingerprint density at radius 3 is 2.69 bits per heavy atom. The van der Waals surface area contributed by atoms with Gasteiger partial charge in [-0.05, 0) is 60.1 Å². The quantitative estimate of drug-likeness (QED) is 0.572. The Hall–Kier alpha value is -3.13. The van der Waals surface area contributed by atoms with E-state index in [4.69, 9.17) is 0 Å². The van der Waals surface area contributed by atoms with Crippen LogP contribution in [-0.2, 0) is 28.6 Å². The van der Waals surface area contributed by atoms with Gasteiger partial charge in [-0.25, -0.2) is 0 Å². The second kappa shape index (κ2) is 9.85. The number of nitrogens with one attached hydrogen (secondary N) is 1. The maximum Gasteiger partial charge on any atom is 0.416 e. The van der Waals surface area contributed by atoms with Crippen LogP contribution in [0.4, 0.5) is 24.5 Å². The van der Waals surface area contributed by atoms with Crippen molar-refractivity contribution in [3.8, 4) is 0 Å². The number of carbonyl (C=O) groups excluding carboxylic acids is 2. The van der Waals surface area contributed by atoms with E-state index < -0.39 is 23.8 Å². The lowest BCUT2D eigenvalue weighted by Crippen LogP contribution is -2.36. The molecule has 186 valence electrons. The van der Waals surface area contributed by atoms with Gasteiger partial charge in [0.05, 0.1) is 17.4 Å². The van der Waals surface area contributed by atoms with Crippen LogP contribution in [0.5, 0.6) is 0 Å². The first-order valence-electron chi connectivity index (χ1n) is 11.8. The summed E-state index contributed by atoms with van der Waals surface area (Å²) >= 11 is 0. The predicted octanol–water partition coefficient (Wildman–Crippen LogP) is 5.36.